The molecule has 0 saturated carbocycles. The third kappa shape index (κ3) is 10.6. The smallest absolute Gasteiger partial charge is 0.394 e. The molecule has 0 bridgehead atoms. The van der Waals surface area contributed by atoms with Crippen LogP contribution in [0.3, 0.4) is 0 Å². The molecule has 0 aromatic heterocycles. The van der Waals surface area contributed by atoms with Gasteiger partial charge in [-0.05, 0) is 44.0 Å². The van der Waals surface area contributed by atoms with Crippen LogP contribution in [0.25, 0.3) is 0 Å². The first-order valence-corrected chi connectivity index (χ1v) is 7.58. The monoisotopic (exact) mass is 306 g/mol. The Morgan fingerprint density at radius 3 is 2.05 bits per heavy atom. The van der Waals surface area contributed by atoms with E-state index in [9.17, 15) is 0 Å². The largest absolute Gasteiger partial charge is 0.399 e. The maximum atomic E-state index is 8.74. The molecule has 20 heavy (non-hydrogen) atoms. The number of nitrogens with two attached hydrogens (primary N) is 1. The van der Waals surface area contributed by atoms with Crippen molar-refractivity contribution in [2.24, 2.45) is 0 Å². The molecule has 0 aliphatic carbocycles. The minimum Gasteiger partial charge on any atom is -0.399 e. The molecule has 0 saturated heterocycles. The molecule has 1 rings (SSSR count). The second-order valence-electron chi connectivity index (χ2n) is 4.05. The second kappa shape index (κ2) is 9.54. The Hall–Kier alpha value is -1.35. The predicted molar refractivity (Wildman–Crippen MR) is 79.2 cm³/mol. The Balaban J connectivity index is 0.000000621. The highest BCUT2D eigenvalue weighted by molar-refractivity contribution is 7.79. The van der Waals surface area contributed by atoms with Crippen molar-refractivity contribution in [3.8, 4) is 0 Å². The fourth-order valence-corrected chi connectivity index (χ4v) is 1.57. The predicted octanol–water partition coefficient (Wildman–Crippen LogP) is 1.21. The average molecular weight is 306 g/mol. The number of hydrogen-bond donors (Lipinski definition) is 4. The first kappa shape index (κ1) is 18.7. The van der Waals surface area contributed by atoms with Gasteiger partial charge in [-0.2, -0.15) is 8.42 Å². The van der Waals surface area contributed by atoms with E-state index in [-0.39, 0.29) is 6.61 Å². The molecular weight excluding hydrogens is 284 g/mol. The number of rotatable bonds is 6. The molecule has 0 unspecified atom stereocenters. The normalized spacial score (nSPS) is 10.6. The fraction of sp³-hybridized carbons (Fsp3) is 0.500. The molecule has 0 heterocycles. The zero-order chi connectivity index (χ0) is 15.6. The number of aliphatic hydroxyl groups is 1. The van der Waals surface area contributed by atoms with Gasteiger partial charge in [-0.1, -0.05) is 0 Å². The first-order chi connectivity index (χ1) is 9.27. The van der Waals surface area contributed by atoms with Crippen molar-refractivity contribution in [3.63, 3.8) is 0 Å². The van der Waals surface area contributed by atoms with E-state index in [2.05, 4.69) is 11.8 Å². The van der Waals surface area contributed by atoms with Gasteiger partial charge in [0.25, 0.3) is 0 Å². The maximum Gasteiger partial charge on any atom is 0.394 e. The second-order valence-corrected chi connectivity index (χ2v) is 4.95. The summed E-state index contributed by atoms with van der Waals surface area (Å²) in [6.45, 7) is 4.38. The minimum atomic E-state index is -4.67. The molecule has 1 aromatic rings. The van der Waals surface area contributed by atoms with E-state index in [1.54, 1.807) is 0 Å². The number of aliphatic hydroxyl groups excluding tert-OH is 1. The molecule has 0 spiro atoms. The quantitative estimate of drug-likeness (QED) is 0.354. The van der Waals surface area contributed by atoms with Crippen molar-refractivity contribution in [1.82, 2.24) is 0 Å². The summed E-state index contributed by atoms with van der Waals surface area (Å²) in [5.41, 5.74) is 7.63. The Morgan fingerprint density at radius 1 is 1.15 bits per heavy atom. The Bertz CT molecular complexity index is 453. The fourth-order valence-electron chi connectivity index (χ4n) is 1.57. The maximum absolute atomic E-state index is 8.74. The molecule has 0 atom stereocenters. The number of nitrogens with zero attached hydrogens (tertiary/aromatic N) is 1. The summed E-state index contributed by atoms with van der Waals surface area (Å²) in [5.74, 6) is 0. The van der Waals surface area contributed by atoms with Crippen molar-refractivity contribution in [2.45, 2.75) is 19.8 Å². The van der Waals surface area contributed by atoms with E-state index in [1.807, 2.05) is 24.3 Å². The van der Waals surface area contributed by atoms with Gasteiger partial charge in [-0.15, -0.1) is 0 Å². The lowest BCUT2D eigenvalue weighted by Gasteiger charge is -2.23. The van der Waals surface area contributed by atoms with Gasteiger partial charge in [0.05, 0.1) is 0 Å². The third-order valence-corrected chi connectivity index (χ3v) is 2.48. The summed E-state index contributed by atoms with van der Waals surface area (Å²) in [7, 11) is -4.67. The third-order valence-electron chi connectivity index (χ3n) is 2.48. The van der Waals surface area contributed by atoms with Crippen molar-refractivity contribution < 1.29 is 22.6 Å². The van der Waals surface area contributed by atoms with Crippen LogP contribution in [-0.4, -0.2) is 42.3 Å². The van der Waals surface area contributed by atoms with Gasteiger partial charge in [0.15, 0.2) is 0 Å². The van der Waals surface area contributed by atoms with Crippen molar-refractivity contribution in [3.05, 3.63) is 24.3 Å². The summed E-state index contributed by atoms with van der Waals surface area (Å²) < 4.78 is 31.6. The van der Waals surface area contributed by atoms with Gasteiger partial charge in [0.2, 0.25) is 0 Å². The van der Waals surface area contributed by atoms with Gasteiger partial charge in [0.1, 0.15) is 0 Å². The van der Waals surface area contributed by atoms with Crippen molar-refractivity contribution in [1.29, 1.82) is 0 Å². The first-order valence-electron chi connectivity index (χ1n) is 6.19. The number of hydrogen-bond acceptors (Lipinski definition) is 5. The molecule has 5 N–H and O–H groups in total. The van der Waals surface area contributed by atoms with Crippen LogP contribution in [-0.2, 0) is 10.4 Å². The van der Waals surface area contributed by atoms with E-state index in [0.29, 0.717) is 0 Å². The molecule has 0 fully saturated rings. The highest BCUT2D eigenvalue weighted by Gasteiger charge is 2.02. The van der Waals surface area contributed by atoms with Gasteiger partial charge in [-0.25, -0.2) is 0 Å². The van der Waals surface area contributed by atoms with Crippen LogP contribution in [0.4, 0.5) is 11.4 Å². The van der Waals surface area contributed by atoms with Crippen LogP contribution < -0.4 is 10.6 Å². The molecule has 8 heteroatoms. The van der Waals surface area contributed by atoms with E-state index in [0.717, 1.165) is 31.6 Å². The topological polar surface area (TPSA) is 124 Å². The zero-order valence-corrected chi connectivity index (χ0v) is 12.3. The molecule has 1 aromatic carbocycles. The van der Waals surface area contributed by atoms with E-state index in [4.69, 9.17) is 28.4 Å². The van der Waals surface area contributed by atoms with Gasteiger partial charge in [-0.3, -0.25) is 9.11 Å². The van der Waals surface area contributed by atoms with Crippen LogP contribution in [0, 0.1) is 0 Å². The molecular formula is C12H22N2O5S. The minimum absolute atomic E-state index is 0.277. The highest BCUT2D eigenvalue weighted by atomic mass is 32.3. The summed E-state index contributed by atoms with van der Waals surface area (Å²) in [5, 5.41) is 8.72. The molecule has 0 amide bonds. The summed E-state index contributed by atoms with van der Waals surface area (Å²) >= 11 is 0. The average Bonchev–Trinajstić information content (AvgIpc) is 2.34. The van der Waals surface area contributed by atoms with Gasteiger partial charge < -0.3 is 15.7 Å². The Kier molecular flexibility index (Phi) is 8.89. The standard InChI is InChI=1S/C12H20N2O.H2O4S/c1-2-14(9-3-4-10-15)12-7-5-11(13)6-8-12;1-5(2,3)4/h5-8,15H,2-4,9-10,13H2,1H3;(H2,1,2,3,4). The van der Waals surface area contributed by atoms with E-state index >= 15 is 0 Å². The highest BCUT2D eigenvalue weighted by Crippen LogP contribution is 2.16. The summed E-state index contributed by atoms with van der Waals surface area (Å²) in [6, 6.07) is 7.92. The summed E-state index contributed by atoms with van der Waals surface area (Å²) in [4.78, 5) is 2.29. The Morgan fingerprint density at radius 2 is 1.65 bits per heavy atom. The summed E-state index contributed by atoms with van der Waals surface area (Å²) in [6.07, 6.45) is 1.89. The number of unbranched alkanes of at least 4 members (excludes halogenated alkanes) is 1. The lowest BCUT2D eigenvalue weighted by molar-refractivity contribution is 0.285. The van der Waals surface area contributed by atoms with E-state index < -0.39 is 10.4 Å². The van der Waals surface area contributed by atoms with Crippen molar-refractivity contribution in [2.75, 3.05) is 30.3 Å². The lowest BCUT2D eigenvalue weighted by Crippen LogP contribution is -2.23. The van der Waals surface area contributed by atoms with Crippen LogP contribution in [0.5, 0.6) is 0 Å². The lowest BCUT2D eigenvalue weighted by atomic mass is 10.2. The number of nitrogen functional groups attached to an aromatic ring is 1. The van der Waals surface area contributed by atoms with Crippen molar-refractivity contribution >= 4 is 21.8 Å². The van der Waals surface area contributed by atoms with Crippen LogP contribution in [0.1, 0.15) is 19.8 Å². The SMILES string of the molecule is CCN(CCCCO)c1ccc(N)cc1.O=S(=O)(O)O. The molecule has 0 aliphatic rings. The van der Waals surface area contributed by atoms with Crippen LogP contribution in [0.15, 0.2) is 24.3 Å². The zero-order valence-electron chi connectivity index (χ0n) is 11.4. The molecule has 116 valence electrons. The Labute approximate surface area is 119 Å². The number of anilines is 2. The van der Waals surface area contributed by atoms with E-state index in [1.165, 1.54) is 5.69 Å². The van der Waals surface area contributed by atoms with Gasteiger partial charge in [0, 0.05) is 31.1 Å². The van der Waals surface area contributed by atoms with Gasteiger partial charge >= 0.3 is 10.4 Å². The number of benzene rings is 1. The molecule has 0 aliphatic heterocycles. The van der Waals surface area contributed by atoms with Crippen LogP contribution >= 0.6 is 0 Å². The molecule has 7 nitrogen and oxygen atoms in total. The van der Waals surface area contributed by atoms with Crippen LogP contribution in [0.2, 0.25) is 0 Å². The molecule has 0 radical (unpaired) electrons.